The molecule has 0 radical (unpaired) electrons. The minimum absolute atomic E-state index is 0.377. The summed E-state index contributed by atoms with van der Waals surface area (Å²) in [5, 5.41) is 12.4. The topological polar surface area (TPSA) is 81.4 Å². The first-order valence-corrected chi connectivity index (χ1v) is 15.4. The molecule has 2 unspecified atom stereocenters. The lowest BCUT2D eigenvalue weighted by Crippen LogP contribution is -2.18. The molecule has 4 fully saturated rings. The Bertz CT molecular complexity index is 1850. The molecule has 0 spiro atoms. The molecule has 6 heteroatoms. The fourth-order valence-electron chi connectivity index (χ4n) is 7.57. The number of imidazole rings is 2. The molecule has 6 aromatic rings. The molecule has 2 saturated carbocycles. The average Bonchev–Trinajstić information content (AvgIpc) is 3.57. The van der Waals surface area contributed by atoms with E-state index in [4.69, 9.17) is 9.97 Å². The SMILES string of the molecule is c1cc2cc(-c3cnc([C@@H]4CC5C[C@H]5N4)[nH]3)ccc2cc1-c1ccc2cc(-c3cnc([C@@H]4CC5C[C@H]5N4)[nH]3)ccc2c1. The summed E-state index contributed by atoms with van der Waals surface area (Å²) in [5.41, 5.74) is 7.00. The van der Waals surface area contributed by atoms with Crippen LogP contribution < -0.4 is 10.6 Å². The van der Waals surface area contributed by atoms with Gasteiger partial charge in [0.1, 0.15) is 11.6 Å². The highest BCUT2D eigenvalue weighted by Crippen LogP contribution is 2.46. The molecule has 4 aromatic carbocycles. The summed E-state index contributed by atoms with van der Waals surface area (Å²) < 4.78 is 0. The number of benzene rings is 4. The second kappa shape index (κ2) is 8.63. The van der Waals surface area contributed by atoms with Crippen LogP contribution in [0.1, 0.15) is 49.4 Å². The molecule has 6 atom stereocenters. The van der Waals surface area contributed by atoms with Crippen molar-refractivity contribution in [1.29, 1.82) is 0 Å². The molecule has 0 bridgehead atoms. The van der Waals surface area contributed by atoms with Crippen molar-refractivity contribution in [2.75, 3.05) is 0 Å². The van der Waals surface area contributed by atoms with E-state index in [-0.39, 0.29) is 0 Å². The van der Waals surface area contributed by atoms with Gasteiger partial charge < -0.3 is 20.6 Å². The van der Waals surface area contributed by atoms with Crippen molar-refractivity contribution in [2.24, 2.45) is 11.8 Å². The maximum atomic E-state index is 4.71. The third kappa shape index (κ3) is 3.86. The van der Waals surface area contributed by atoms with Crippen molar-refractivity contribution in [3.63, 3.8) is 0 Å². The van der Waals surface area contributed by atoms with Crippen LogP contribution in [0.15, 0.2) is 85.2 Å². The molecular weight excluding hydrogens is 516 g/mol. The Labute approximate surface area is 244 Å². The Morgan fingerprint density at radius 2 is 0.881 bits per heavy atom. The van der Waals surface area contributed by atoms with E-state index in [1.165, 1.54) is 69.5 Å². The largest absolute Gasteiger partial charge is 0.341 e. The first-order valence-electron chi connectivity index (χ1n) is 15.4. The number of fused-ring (bicyclic) bond motifs is 4. The summed E-state index contributed by atoms with van der Waals surface area (Å²) in [4.78, 5) is 16.6. The molecule has 4 heterocycles. The molecule has 4 aliphatic rings. The summed E-state index contributed by atoms with van der Waals surface area (Å²) >= 11 is 0. The molecule has 206 valence electrons. The van der Waals surface area contributed by atoms with E-state index in [2.05, 4.69) is 93.4 Å². The van der Waals surface area contributed by atoms with Crippen LogP contribution in [0.25, 0.3) is 55.2 Å². The molecule has 2 saturated heterocycles. The van der Waals surface area contributed by atoms with Gasteiger partial charge in [0.25, 0.3) is 0 Å². The number of hydrogen-bond acceptors (Lipinski definition) is 4. The predicted molar refractivity (Wildman–Crippen MR) is 167 cm³/mol. The van der Waals surface area contributed by atoms with Crippen molar-refractivity contribution in [3.05, 3.63) is 96.8 Å². The molecule has 2 aliphatic carbocycles. The number of piperidine rings is 2. The summed E-state index contributed by atoms with van der Waals surface area (Å²) in [6.45, 7) is 0. The number of nitrogens with one attached hydrogen (secondary N) is 4. The zero-order valence-corrected chi connectivity index (χ0v) is 23.3. The minimum atomic E-state index is 0.377. The van der Waals surface area contributed by atoms with Crippen molar-refractivity contribution < 1.29 is 0 Å². The number of rotatable bonds is 5. The molecule has 0 amide bonds. The van der Waals surface area contributed by atoms with Gasteiger partial charge in [-0.05, 0) is 94.5 Å². The Morgan fingerprint density at radius 1 is 0.476 bits per heavy atom. The molecule has 6 nitrogen and oxygen atoms in total. The highest BCUT2D eigenvalue weighted by molar-refractivity contribution is 5.94. The van der Waals surface area contributed by atoms with Crippen LogP contribution in [-0.2, 0) is 0 Å². The third-order valence-electron chi connectivity index (χ3n) is 10.2. The van der Waals surface area contributed by atoms with Crippen LogP contribution in [0, 0.1) is 11.8 Å². The van der Waals surface area contributed by atoms with Gasteiger partial charge in [0, 0.05) is 23.2 Å². The number of aromatic amines is 2. The zero-order valence-electron chi connectivity index (χ0n) is 23.3. The van der Waals surface area contributed by atoms with Crippen LogP contribution in [0.5, 0.6) is 0 Å². The molecule has 2 aromatic heterocycles. The van der Waals surface area contributed by atoms with Crippen LogP contribution >= 0.6 is 0 Å². The van der Waals surface area contributed by atoms with E-state index < -0.39 is 0 Å². The predicted octanol–water partition coefficient (Wildman–Crippen LogP) is 7.29. The standard InChI is InChI=1S/C36H32N6/c1-3-23-11-25(33-17-37-35(41-33)31-15-27-13-29(27)39-31)7-5-21(23)9-19(1)20-2-4-24-12-26(8-6-22(24)10-20)34-18-38-36(42-34)32-16-28-14-30(28)40-32/h1-12,17-18,27-32,39-40H,13-16H2,(H,37,41)(H,38,42)/t27?,28?,29-,30-,31+,32+/m1/s1. The van der Waals surface area contributed by atoms with Gasteiger partial charge >= 0.3 is 0 Å². The smallest absolute Gasteiger partial charge is 0.123 e. The van der Waals surface area contributed by atoms with Crippen molar-refractivity contribution in [3.8, 4) is 33.6 Å². The highest BCUT2D eigenvalue weighted by atomic mass is 15.1. The monoisotopic (exact) mass is 548 g/mol. The quantitative estimate of drug-likeness (QED) is 0.182. The molecular formula is C36H32N6. The third-order valence-corrected chi connectivity index (χ3v) is 10.2. The van der Waals surface area contributed by atoms with Gasteiger partial charge in [-0.2, -0.15) is 0 Å². The van der Waals surface area contributed by atoms with E-state index in [9.17, 15) is 0 Å². The van der Waals surface area contributed by atoms with Gasteiger partial charge in [-0.25, -0.2) is 9.97 Å². The van der Waals surface area contributed by atoms with E-state index in [0.717, 1.165) is 47.0 Å². The van der Waals surface area contributed by atoms with Crippen molar-refractivity contribution in [2.45, 2.75) is 49.9 Å². The number of hydrogen-bond donors (Lipinski definition) is 4. The number of aromatic nitrogens is 4. The Balaban J connectivity index is 0.900. The fourth-order valence-corrected chi connectivity index (χ4v) is 7.57. The summed E-state index contributed by atoms with van der Waals surface area (Å²) in [7, 11) is 0. The van der Waals surface area contributed by atoms with E-state index in [1.807, 2.05) is 12.4 Å². The Kier molecular flexibility index (Phi) is 4.79. The van der Waals surface area contributed by atoms with Crippen LogP contribution in [0.4, 0.5) is 0 Å². The second-order valence-corrected chi connectivity index (χ2v) is 13.0. The van der Waals surface area contributed by atoms with E-state index in [1.54, 1.807) is 0 Å². The maximum Gasteiger partial charge on any atom is 0.123 e. The maximum absolute atomic E-state index is 4.71. The molecule has 2 aliphatic heterocycles. The lowest BCUT2D eigenvalue weighted by molar-refractivity contribution is 0.543. The van der Waals surface area contributed by atoms with Crippen LogP contribution in [-0.4, -0.2) is 32.0 Å². The van der Waals surface area contributed by atoms with Gasteiger partial charge in [0.2, 0.25) is 0 Å². The van der Waals surface area contributed by atoms with Gasteiger partial charge in [0.05, 0.1) is 35.9 Å². The summed E-state index contributed by atoms with van der Waals surface area (Å²) in [6, 6.07) is 29.2. The Hall–Kier alpha value is -4.26. The summed E-state index contributed by atoms with van der Waals surface area (Å²) in [5.74, 6) is 3.86. The zero-order chi connectivity index (χ0) is 27.4. The number of H-pyrrole nitrogens is 2. The molecule has 10 rings (SSSR count). The minimum Gasteiger partial charge on any atom is -0.341 e. The molecule has 42 heavy (non-hydrogen) atoms. The second-order valence-electron chi connectivity index (χ2n) is 13.0. The van der Waals surface area contributed by atoms with E-state index in [0.29, 0.717) is 12.1 Å². The van der Waals surface area contributed by atoms with Gasteiger partial charge in [-0.3, -0.25) is 0 Å². The normalized spacial score (nSPS) is 27.4. The van der Waals surface area contributed by atoms with Gasteiger partial charge in [-0.1, -0.05) is 48.5 Å². The lowest BCUT2D eigenvalue weighted by Gasteiger charge is -2.10. The number of nitrogens with zero attached hydrogens (tertiary/aromatic N) is 2. The molecule has 4 N–H and O–H groups in total. The van der Waals surface area contributed by atoms with Crippen molar-refractivity contribution >= 4 is 21.5 Å². The first kappa shape index (κ1) is 23.3. The average molecular weight is 549 g/mol. The van der Waals surface area contributed by atoms with Crippen molar-refractivity contribution in [1.82, 2.24) is 30.6 Å². The Morgan fingerprint density at radius 3 is 1.29 bits per heavy atom. The van der Waals surface area contributed by atoms with Crippen LogP contribution in [0.2, 0.25) is 0 Å². The fraction of sp³-hybridized carbons (Fsp3) is 0.278. The summed E-state index contributed by atoms with van der Waals surface area (Å²) in [6.07, 6.45) is 9.05. The van der Waals surface area contributed by atoms with Crippen LogP contribution in [0.3, 0.4) is 0 Å². The highest BCUT2D eigenvalue weighted by Gasteiger charge is 2.47. The lowest BCUT2D eigenvalue weighted by atomic mass is 9.97. The van der Waals surface area contributed by atoms with Gasteiger partial charge in [0.15, 0.2) is 0 Å². The van der Waals surface area contributed by atoms with E-state index >= 15 is 0 Å². The van der Waals surface area contributed by atoms with Gasteiger partial charge in [-0.15, -0.1) is 0 Å². The first-order chi connectivity index (χ1) is 20.7.